The Morgan fingerprint density at radius 2 is 2.08 bits per heavy atom. The van der Waals surface area contributed by atoms with Crippen molar-refractivity contribution in [3.8, 4) is 0 Å². The van der Waals surface area contributed by atoms with Gasteiger partial charge in [0.1, 0.15) is 0 Å². The molecule has 0 aliphatic heterocycles. The van der Waals surface area contributed by atoms with Crippen LogP contribution in [-0.2, 0) is 11.1 Å². The van der Waals surface area contributed by atoms with E-state index in [1.54, 1.807) is 6.08 Å². The van der Waals surface area contributed by atoms with Crippen molar-refractivity contribution in [3.63, 3.8) is 0 Å². The van der Waals surface area contributed by atoms with Crippen LogP contribution in [0.1, 0.15) is 11.1 Å². The van der Waals surface area contributed by atoms with Crippen molar-refractivity contribution >= 4 is 17.2 Å². The molecule has 0 amide bonds. The van der Waals surface area contributed by atoms with Gasteiger partial charge in [-0.05, 0) is 24.1 Å². The van der Waals surface area contributed by atoms with E-state index in [4.69, 9.17) is 4.55 Å². The van der Waals surface area contributed by atoms with Gasteiger partial charge in [0.25, 0.3) is 0 Å². The summed E-state index contributed by atoms with van der Waals surface area (Å²) in [6.45, 7) is 1.96. The standard InChI is InChI=1S/C9H10O2S/c1-8-4-2-3-5-9(8)6-7-12(10)11/h2-7H,1H3,(H,10,11). The Labute approximate surface area is 74.2 Å². The molecule has 0 aromatic heterocycles. The van der Waals surface area contributed by atoms with Gasteiger partial charge in [-0.2, -0.15) is 0 Å². The van der Waals surface area contributed by atoms with Gasteiger partial charge in [0.2, 0.25) is 0 Å². The number of aryl methyl sites for hydroxylation is 1. The Morgan fingerprint density at radius 1 is 1.42 bits per heavy atom. The van der Waals surface area contributed by atoms with Gasteiger partial charge in [-0.15, -0.1) is 0 Å². The first-order valence-corrected chi connectivity index (χ1v) is 4.70. The van der Waals surface area contributed by atoms with E-state index in [0.717, 1.165) is 11.1 Å². The molecule has 1 aromatic carbocycles. The van der Waals surface area contributed by atoms with Gasteiger partial charge >= 0.3 is 0 Å². The molecular weight excluding hydrogens is 172 g/mol. The summed E-state index contributed by atoms with van der Waals surface area (Å²) in [5.74, 6) is 0. The SMILES string of the molecule is Cc1ccccc1C=CS(=O)O. The van der Waals surface area contributed by atoms with Gasteiger partial charge in [-0.3, -0.25) is 0 Å². The van der Waals surface area contributed by atoms with Crippen LogP contribution >= 0.6 is 0 Å². The van der Waals surface area contributed by atoms with Crippen molar-refractivity contribution < 1.29 is 8.76 Å². The van der Waals surface area contributed by atoms with Crippen LogP contribution in [-0.4, -0.2) is 8.76 Å². The lowest BCUT2D eigenvalue weighted by Gasteiger charge is -1.96. The fraction of sp³-hybridized carbons (Fsp3) is 0.111. The minimum absolute atomic E-state index is 0.972. The first kappa shape index (κ1) is 9.16. The summed E-state index contributed by atoms with van der Waals surface area (Å²) in [6, 6.07) is 7.69. The van der Waals surface area contributed by atoms with Crippen molar-refractivity contribution in [2.24, 2.45) is 0 Å². The molecule has 0 aliphatic rings. The summed E-state index contributed by atoms with van der Waals surface area (Å²) in [6.07, 6.45) is 1.64. The van der Waals surface area contributed by atoms with E-state index in [2.05, 4.69) is 0 Å². The smallest absolute Gasteiger partial charge is 0.178 e. The Morgan fingerprint density at radius 3 is 2.67 bits per heavy atom. The fourth-order valence-corrected chi connectivity index (χ4v) is 1.17. The first-order chi connectivity index (χ1) is 5.70. The van der Waals surface area contributed by atoms with E-state index in [9.17, 15) is 4.21 Å². The summed E-state index contributed by atoms with van der Waals surface area (Å²) in [4.78, 5) is 0. The maximum Gasteiger partial charge on any atom is 0.178 e. The van der Waals surface area contributed by atoms with E-state index in [1.165, 1.54) is 5.41 Å². The minimum atomic E-state index is -1.85. The molecule has 0 radical (unpaired) electrons. The normalized spacial score (nSPS) is 13.5. The zero-order valence-corrected chi connectivity index (χ0v) is 7.54. The van der Waals surface area contributed by atoms with Crippen LogP contribution in [0.4, 0.5) is 0 Å². The Kier molecular flexibility index (Phi) is 3.19. The zero-order chi connectivity index (χ0) is 8.97. The van der Waals surface area contributed by atoms with Crippen LogP contribution in [0.2, 0.25) is 0 Å². The third kappa shape index (κ3) is 2.60. The average molecular weight is 182 g/mol. The minimum Gasteiger partial charge on any atom is -0.303 e. The predicted octanol–water partition coefficient (Wildman–Crippen LogP) is 2.19. The molecule has 0 heterocycles. The summed E-state index contributed by atoms with van der Waals surface area (Å²) < 4.78 is 18.8. The molecule has 0 saturated heterocycles. The van der Waals surface area contributed by atoms with Gasteiger partial charge in [0.15, 0.2) is 11.1 Å². The average Bonchev–Trinajstić information content (AvgIpc) is 2.03. The molecule has 0 spiro atoms. The molecule has 0 saturated carbocycles. The van der Waals surface area contributed by atoms with Crippen LogP contribution in [0.5, 0.6) is 0 Å². The lowest BCUT2D eigenvalue weighted by atomic mass is 10.1. The van der Waals surface area contributed by atoms with Crippen molar-refractivity contribution in [1.29, 1.82) is 0 Å². The van der Waals surface area contributed by atoms with Gasteiger partial charge in [0.05, 0.1) is 0 Å². The molecule has 2 nitrogen and oxygen atoms in total. The summed E-state index contributed by atoms with van der Waals surface area (Å²) >= 11 is -1.85. The van der Waals surface area contributed by atoms with E-state index >= 15 is 0 Å². The van der Waals surface area contributed by atoms with E-state index in [-0.39, 0.29) is 0 Å². The quantitative estimate of drug-likeness (QED) is 0.712. The largest absolute Gasteiger partial charge is 0.303 e. The topological polar surface area (TPSA) is 37.3 Å². The van der Waals surface area contributed by atoms with Crippen LogP contribution in [0.15, 0.2) is 29.7 Å². The van der Waals surface area contributed by atoms with Crippen molar-refractivity contribution in [3.05, 3.63) is 40.8 Å². The second-order valence-electron chi connectivity index (χ2n) is 2.44. The third-order valence-electron chi connectivity index (χ3n) is 1.55. The lowest BCUT2D eigenvalue weighted by molar-refractivity contribution is 0.574. The Bertz CT molecular complexity index is 318. The summed E-state index contributed by atoms with van der Waals surface area (Å²) in [5.41, 5.74) is 2.07. The lowest BCUT2D eigenvalue weighted by Crippen LogP contribution is -1.80. The Balaban J connectivity index is 2.89. The molecule has 64 valence electrons. The van der Waals surface area contributed by atoms with Crippen LogP contribution in [0.25, 0.3) is 6.08 Å². The number of rotatable bonds is 2. The Hall–Kier alpha value is -0.930. The van der Waals surface area contributed by atoms with Crippen LogP contribution in [0, 0.1) is 6.92 Å². The van der Waals surface area contributed by atoms with E-state index in [1.807, 2.05) is 31.2 Å². The highest BCUT2D eigenvalue weighted by molar-refractivity contribution is 7.82. The first-order valence-electron chi connectivity index (χ1n) is 3.53. The summed E-state index contributed by atoms with van der Waals surface area (Å²) in [7, 11) is 0. The molecule has 0 fully saturated rings. The van der Waals surface area contributed by atoms with Gasteiger partial charge in [0, 0.05) is 5.41 Å². The van der Waals surface area contributed by atoms with Gasteiger partial charge in [-0.1, -0.05) is 24.3 Å². The fourth-order valence-electron chi connectivity index (χ4n) is 0.905. The highest BCUT2D eigenvalue weighted by Gasteiger charge is 1.90. The highest BCUT2D eigenvalue weighted by atomic mass is 32.2. The third-order valence-corrected chi connectivity index (χ3v) is 1.92. The molecule has 1 N–H and O–H groups in total. The van der Waals surface area contributed by atoms with Crippen molar-refractivity contribution in [2.75, 3.05) is 0 Å². The number of hydrogen-bond donors (Lipinski definition) is 1. The molecule has 1 rings (SSSR count). The molecule has 0 bridgehead atoms. The second-order valence-corrected chi connectivity index (χ2v) is 3.26. The van der Waals surface area contributed by atoms with Gasteiger partial charge in [-0.25, -0.2) is 4.21 Å². The molecule has 3 heteroatoms. The van der Waals surface area contributed by atoms with Crippen LogP contribution < -0.4 is 0 Å². The number of hydrogen-bond acceptors (Lipinski definition) is 1. The van der Waals surface area contributed by atoms with Crippen molar-refractivity contribution in [2.45, 2.75) is 6.92 Å². The predicted molar refractivity (Wildman–Crippen MR) is 51.0 cm³/mol. The molecule has 1 aromatic rings. The van der Waals surface area contributed by atoms with Crippen molar-refractivity contribution in [1.82, 2.24) is 0 Å². The highest BCUT2D eigenvalue weighted by Crippen LogP contribution is 2.08. The van der Waals surface area contributed by atoms with E-state index < -0.39 is 11.1 Å². The molecule has 12 heavy (non-hydrogen) atoms. The maximum atomic E-state index is 10.3. The number of benzene rings is 1. The molecule has 0 aliphatic carbocycles. The van der Waals surface area contributed by atoms with Crippen LogP contribution in [0.3, 0.4) is 0 Å². The monoisotopic (exact) mass is 182 g/mol. The molecular formula is C9H10O2S. The zero-order valence-electron chi connectivity index (χ0n) is 6.73. The maximum absolute atomic E-state index is 10.3. The van der Waals surface area contributed by atoms with Gasteiger partial charge < -0.3 is 4.55 Å². The second kappa shape index (κ2) is 4.18. The molecule has 1 unspecified atom stereocenters. The summed E-state index contributed by atoms with van der Waals surface area (Å²) in [5, 5.41) is 1.25. The molecule has 1 atom stereocenters. The van der Waals surface area contributed by atoms with E-state index in [0.29, 0.717) is 0 Å².